The summed E-state index contributed by atoms with van der Waals surface area (Å²) >= 11 is 0. The van der Waals surface area contributed by atoms with E-state index in [0.29, 0.717) is 0 Å². The average Bonchev–Trinajstić information content (AvgIpc) is 2.71. The Bertz CT molecular complexity index is 406. The molecule has 0 aliphatic carbocycles. The van der Waals surface area contributed by atoms with E-state index in [1.165, 1.54) is 11.1 Å². The quantitative estimate of drug-likeness (QED) is 0.657. The van der Waals surface area contributed by atoms with Gasteiger partial charge >= 0.3 is 0 Å². The highest BCUT2D eigenvalue weighted by Crippen LogP contribution is 2.24. The molecule has 1 aliphatic heterocycles. The highest BCUT2D eigenvalue weighted by atomic mass is 16.5. The van der Waals surface area contributed by atoms with E-state index in [1.54, 1.807) is 0 Å². The minimum Gasteiger partial charge on any atom is -0.391 e. The molecule has 0 bridgehead atoms. The zero-order valence-corrected chi connectivity index (χ0v) is 7.17. The maximum absolute atomic E-state index is 11.3. The number of aliphatic hydroxyl groups is 1. The molecule has 0 saturated carbocycles. The Labute approximate surface area is 79.3 Å². The van der Waals surface area contributed by atoms with Gasteiger partial charge in [-0.2, -0.15) is 5.26 Å². The summed E-state index contributed by atoms with van der Waals surface area (Å²) in [5.41, 5.74) is 0.201. The second-order valence-corrected chi connectivity index (χ2v) is 3.02. The van der Waals surface area contributed by atoms with Crippen molar-refractivity contribution in [3.8, 4) is 6.07 Å². The van der Waals surface area contributed by atoms with Crippen molar-refractivity contribution in [2.45, 2.75) is 12.5 Å². The highest BCUT2D eigenvalue weighted by molar-refractivity contribution is 5.95. The number of carbonyl (C=O) groups excluding carboxylic acids is 1. The fourth-order valence-corrected chi connectivity index (χ4v) is 1.39. The number of hydrogen-bond donors (Lipinski definition) is 1. The molecule has 14 heavy (non-hydrogen) atoms. The van der Waals surface area contributed by atoms with E-state index in [0.717, 1.165) is 0 Å². The Morgan fingerprint density at radius 2 is 2.57 bits per heavy atom. The van der Waals surface area contributed by atoms with Crippen LogP contribution in [0.2, 0.25) is 0 Å². The summed E-state index contributed by atoms with van der Waals surface area (Å²) in [6, 6.07) is 1.86. The van der Waals surface area contributed by atoms with Gasteiger partial charge in [0, 0.05) is 0 Å². The predicted molar refractivity (Wildman–Crippen MR) is 44.2 cm³/mol. The van der Waals surface area contributed by atoms with Crippen LogP contribution < -0.4 is 4.90 Å². The minimum atomic E-state index is -0.695. The smallest absolute Gasteiger partial charge is 0.251 e. The van der Waals surface area contributed by atoms with E-state index in [-0.39, 0.29) is 30.3 Å². The van der Waals surface area contributed by atoms with Gasteiger partial charge in [0.1, 0.15) is 11.6 Å². The first kappa shape index (κ1) is 8.72. The van der Waals surface area contributed by atoms with Crippen LogP contribution in [0.4, 0.5) is 5.88 Å². The third kappa shape index (κ3) is 1.24. The van der Waals surface area contributed by atoms with Crippen molar-refractivity contribution in [3.05, 3.63) is 11.8 Å². The standard InChI is InChI=1S/C8H7N3O3/c9-2-5-3-10-14-8(5)11-4-6(12)1-7(11)13/h3,6,12H,1,4H2. The topological polar surface area (TPSA) is 90.4 Å². The molecule has 1 aromatic rings. The van der Waals surface area contributed by atoms with E-state index < -0.39 is 6.10 Å². The van der Waals surface area contributed by atoms with Crippen molar-refractivity contribution in [1.82, 2.24) is 5.16 Å². The van der Waals surface area contributed by atoms with Crippen molar-refractivity contribution >= 4 is 11.8 Å². The molecule has 1 amide bonds. The molecule has 6 heteroatoms. The predicted octanol–water partition coefficient (Wildman–Crippen LogP) is -0.356. The number of β-amino-alcohol motifs (C(OH)–C–C–N with tert-alkyl or cyclic N) is 1. The first-order valence-corrected chi connectivity index (χ1v) is 4.05. The Kier molecular flexibility index (Phi) is 1.94. The lowest BCUT2D eigenvalue weighted by molar-refractivity contribution is -0.117. The van der Waals surface area contributed by atoms with Crippen molar-refractivity contribution in [3.63, 3.8) is 0 Å². The lowest BCUT2D eigenvalue weighted by Gasteiger charge is -2.10. The summed E-state index contributed by atoms with van der Waals surface area (Å²) in [6.45, 7) is 0.155. The van der Waals surface area contributed by atoms with E-state index in [1.807, 2.05) is 6.07 Å². The van der Waals surface area contributed by atoms with Crippen molar-refractivity contribution in [2.24, 2.45) is 0 Å². The minimum absolute atomic E-state index is 0.0611. The lowest BCUT2D eigenvalue weighted by atomic mass is 10.3. The number of hydrogen-bond acceptors (Lipinski definition) is 5. The van der Waals surface area contributed by atoms with Crippen LogP contribution in [0.25, 0.3) is 0 Å². The Morgan fingerprint density at radius 1 is 1.79 bits per heavy atom. The van der Waals surface area contributed by atoms with Crippen LogP contribution >= 0.6 is 0 Å². The molecular weight excluding hydrogens is 186 g/mol. The number of aromatic nitrogens is 1. The van der Waals surface area contributed by atoms with Gasteiger partial charge in [-0.3, -0.25) is 9.69 Å². The Morgan fingerprint density at radius 3 is 3.14 bits per heavy atom. The zero-order chi connectivity index (χ0) is 10.1. The Balaban J connectivity index is 2.32. The van der Waals surface area contributed by atoms with Gasteiger partial charge < -0.3 is 9.63 Å². The van der Waals surface area contributed by atoms with Crippen LogP contribution in [0, 0.1) is 11.3 Å². The molecule has 1 aliphatic rings. The summed E-state index contributed by atoms with van der Waals surface area (Å²) in [4.78, 5) is 12.6. The van der Waals surface area contributed by atoms with Gasteiger partial charge in [0.05, 0.1) is 25.3 Å². The average molecular weight is 193 g/mol. The molecule has 1 aromatic heterocycles. The van der Waals surface area contributed by atoms with Gasteiger partial charge in [-0.15, -0.1) is 0 Å². The van der Waals surface area contributed by atoms with Crippen LogP contribution in [-0.2, 0) is 4.79 Å². The maximum Gasteiger partial charge on any atom is 0.251 e. The molecule has 1 saturated heterocycles. The van der Waals surface area contributed by atoms with Crippen LogP contribution in [0.3, 0.4) is 0 Å². The first-order valence-electron chi connectivity index (χ1n) is 4.05. The molecule has 0 spiro atoms. The van der Waals surface area contributed by atoms with Gasteiger partial charge in [0.25, 0.3) is 5.88 Å². The molecule has 1 N–H and O–H groups in total. The zero-order valence-electron chi connectivity index (χ0n) is 7.17. The van der Waals surface area contributed by atoms with Gasteiger partial charge in [-0.1, -0.05) is 5.16 Å². The molecule has 1 unspecified atom stereocenters. The fraction of sp³-hybridized carbons (Fsp3) is 0.375. The summed E-state index contributed by atoms with van der Waals surface area (Å²) in [5.74, 6) is -0.139. The third-order valence-electron chi connectivity index (χ3n) is 2.02. The second-order valence-electron chi connectivity index (χ2n) is 3.02. The summed E-state index contributed by atoms with van der Waals surface area (Å²) < 4.78 is 4.78. The first-order chi connectivity index (χ1) is 6.72. The van der Waals surface area contributed by atoms with Crippen LogP contribution in [0.5, 0.6) is 0 Å². The van der Waals surface area contributed by atoms with Crippen molar-refractivity contribution < 1.29 is 14.4 Å². The van der Waals surface area contributed by atoms with E-state index >= 15 is 0 Å². The van der Waals surface area contributed by atoms with Gasteiger partial charge in [-0.25, -0.2) is 0 Å². The van der Waals surface area contributed by atoms with E-state index in [9.17, 15) is 9.90 Å². The number of anilines is 1. The molecule has 0 aromatic carbocycles. The second kappa shape index (κ2) is 3.12. The van der Waals surface area contributed by atoms with E-state index in [2.05, 4.69) is 5.16 Å². The lowest BCUT2D eigenvalue weighted by Crippen LogP contribution is -2.25. The molecule has 72 valence electrons. The van der Waals surface area contributed by atoms with Crippen LogP contribution in [0.15, 0.2) is 10.7 Å². The third-order valence-corrected chi connectivity index (χ3v) is 2.02. The van der Waals surface area contributed by atoms with Gasteiger partial charge in [0.2, 0.25) is 5.91 Å². The Hall–Kier alpha value is -1.87. The van der Waals surface area contributed by atoms with Crippen molar-refractivity contribution in [2.75, 3.05) is 11.4 Å². The number of aliphatic hydroxyl groups excluding tert-OH is 1. The fourth-order valence-electron chi connectivity index (χ4n) is 1.39. The monoisotopic (exact) mass is 193 g/mol. The number of carbonyl (C=O) groups is 1. The maximum atomic E-state index is 11.3. The molecule has 0 radical (unpaired) electrons. The molecule has 1 fully saturated rings. The molecule has 2 rings (SSSR count). The van der Waals surface area contributed by atoms with E-state index in [4.69, 9.17) is 9.78 Å². The van der Waals surface area contributed by atoms with Gasteiger partial charge in [-0.05, 0) is 0 Å². The number of amides is 1. The molecular formula is C8H7N3O3. The summed E-state index contributed by atoms with van der Waals surface area (Å²) in [5, 5.41) is 21.3. The molecule has 1 atom stereocenters. The largest absolute Gasteiger partial charge is 0.391 e. The number of nitrogens with zero attached hydrogens (tertiary/aromatic N) is 3. The van der Waals surface area contributed by atoms with Crippen molar-refractivity contribution in [1.29, 1.82) is 5.26 Å². The number of rotatable bonds is 1. The molecule has 6 nitrogen and oxygen atoms in total. The SMILES string of the molecule is N#Cc1cnoc1N1CC(O)CC1=O. The summed E-state index contributed by atoms with van der Waals surface area (Å²) in [7, 11) is 0. The number of nitriles is 1. The normalized spacial score (nSPS) is 21.3. The molecule has 2 heterocycles. The highest BCUT2D eigenvalue weighted by Gasteiger charge is 2.32. The summed E-state index contributed by atoms with van der Waals surface area (Å²) in [6.07, 6.45) is 0.609. The van der Waals surface area contributed by atoms with Crippen LogP contribution in [-0.4, -0.2) is 28.8 Å². The van der Waals surface area contributed by atoms with Gasteiger partial charge in [0.15, 0.2) is 0 Å². The van der Waals surface area contributed by atoms with Crippen LogP contribution in [0.1, 0.15) is 12.0 Å².